The van der Waals surface area contributed by atoms with E-state index in [1.165, 1.54) is 25.3 Å². The van der Waals surface area contributed by atoms with Gasteiger partial charge in [0.15, 0.2) is 5.75 Å². The molecular weight excluding hydrogens is 350 g/mol. The van der Waals surface area contributed by atoms with Crippen molar-refractivity contribution in [3.8, 4) is 5.75 Å². The second-order valence-electron chi connectivity index (χ2n) is 6.01. The zero-order valence-corrected chi connectivity index (χ0v) is 15.2. The number of amides is 1. The fourth-order valence-electron chi connectivity index (χ4n) is 2.98. The van der Waals surface area contributed by atoms with Crippen molar-refractivity contribution in [3.05, 3.63) is 33.9 Å². The van der Waals surface area contributed by atoms with Crippen molar-refractivity contribution >= 4 is 24.0 Å². The van der Waals surface area contributed by atoms with Gasteiger partial charge in [-0.05, 0) is 38.1 Å². The Morgan fingerprint density at radius 3 is 2.60 bits per heavy atom. The van der Waals surface area contributed by atoms with Gasteiger partial charge in [0.2, 0.25) is 0 Å². The molecule has 1 aliphatic heterocycles. The van der Waals surface area contributed by atoms with Crippen LogP contribution in [0.5, 0.6) is 5.75 Å². The van der Waals surface area contributed by atoms with Gasteiger partial charge >= 0.3 is 5.69 Å². The summed E-state index contributed by atoms with van der Waals surface area (Å²) in [5.74, 6) is -0.208. The number of halogens is 1. The lowest BCUT2D eigenvalue weighted by molar-refractivity contribution is -0.385. The highest BCUT2D eigenvalue weighted by atomic mass is 35.5. The standard InChI is InChI=1S/C16H23N3O5.ClH/c1-23-11-16(5-7-17-8-6-16)10-18-15(20)12-3-4-14(24-2)13(9-12)19(21)22;/h3-4,9,17H,5-8,10-11H2,1-2H3,(H,18,20);1H. The monoisotopic (exact) mass is 373 g/mol. The summed E-state index contributed by atoms with van der Waals surface area (Å²) in [5.41, 5.74) is -0.0868. The normalized spacial score (nSPS) is 15.8. The van der Waals surface area contributed by atoms with Gasteiger partial charge in [-0.15, -0.1) is 12.4 Å². The molecule has 8 nitrogen and oxygen atoms in total. The van der Waals surface area contributed by atoms with Gasteiger partial charge in [-0.1, -0.05) is 0 Å². The van der Waals surface area contributed by atoms with Crippen LogP contribution in [0.2, 0.25) is 0 Å². The molecule has 1 aromatic carbocycles. The van der Waals surface area contributed by atoms with E-state index in [0.717, 1.165) is 25.9 Å². The van der Waals surface area contributed by atoms with Gasteiger partial charge in [0.05, 0.1) is 18.6 Å². The summed E-state index contributed by atoms with van der Waals surface area (Å²) >= 11 is 0. The highest BCUT2D eigenvalue weighted by Crippen LogP contribution is 2.29. The van der Waals surface area contributed by atoms with Gasteiger partial charge in [0.1, 0.15) is 0 Å². The second-order valence-corrected chi connectivity index (χ2v) is 6.01. The van der Waals surface area contributed by atoms with E-state index in [4.69, 9.17) is 9.47 Å². The van der Waals surface area contributed by atoms with E-state index in [0.29, 0.717) is 13.2 Å². The summed E-state index contributed by atoms with van der Waals surface area (Å²) in [6.45, 7) is 2.80. The molecule has 9 heteroatoms. The summed E-state index contributed by atoms with van der Waals surface area (Å²) < 4.78 is 10.3. The topological polar surface area (TPSA) is 103 Å². The molecule has 1 aromatic rings. The van der Waals surface area contributed by atoms with Crippen LogP contribution in [0.15, 0.2) is 18.2 Å². The summed E-state index contributed by atoms with van der Waals surface area (Å²) in [4.78, 5) is 22.9. The molecule has 0 radical (unpaired) electrons. The third-order valence-corrected chi connectivity index (χ3v) is 4.38. The zero-order valence-electron chi connectivity index (χ0n) is 14.4. The predicted octanol–water partition coefficient (Wildman–Crippen LogP) is 1.77. The maximum absolute atomic E-state index is 12.4. The van der Waals surface area contributed by atoms with Gasteiger partial charge < -0.3 is 20.1 Å². The molecule has 0 atom stereocenters. The average Bonchev–Trinajstić information content (AvgIpc) is 2.60. The average molecular weight is 374 g/mol. The van der Waals surface area contributed by atoms with Crippen LogP contribution in [0, 0.1) is 15.5 Å². The van der Waals surface area contributed by atoms with Crippen LogP contribution in [0.25, 0.3) is 0 Å². The number of benzene rings is 1. The van der Waals surface area contributed by atoms with Crippen molar-refractivity contribution in [2.24, 2.45) is 5.41 Å². The van der Waals surface area contributed by atoms with Crippen LogP contribution in [-0.2, 0) is 4.74 Å². The molecule has 1 amide bonds. The van der Waals surface area contributed by atoms with Crippen LogP contribution < -0.4 is 15.4 Å². The Morgan fingerprint density at radius 2 is 2.04 bits per heavy atom. The van der Waals surface area contributed by atoms with Crippen molar-refractivity contribution in [1.29, 1.82) is 0 Å². The summed E-state index contributed by atoms with van der Waals surface area (Å²) in [5, 5.41) is 17.2. The Bertz CT molecular complexity index is 600. The van der Waals surface area contributed by atoms with E-state index in [-0.39, 0.29) is 40.7 Å². The quantitative estimate of drug-likeness (QED) is 0.557. The van der Waals surface area contributed by atoms with Crippen molar-refractivity contribution in [2.75, 3.05) is 40.5 Å². The molecule has 2 N–H and O–H groups in total. The Kier molecular flexibility index (Phi) is 8.08. The number of methoxy groups -OCH3 is 2. The number of nitrogens with one attached hydrogen (secondary N) is 2. The van der Waals surface area contributed by atoms with Crippen LogP contribution in [-0.4, -0.2) is 51.3 Å². The first-order valence-corrected chi connectivity index (χ1v) is 7.82. The number of nitrogens with zero attached hydrogens (tertiary/aromatic N) is 1. The van der Waals surface area contributed by atoms with Crippen molar-refractivity contribution in [2.45, 2.75) is 12.8 Å². The minimum absolute atomic E-state index is 0. The first-order valence-electron chi connectivity index (χ1n) is 7.82. The largest absolute Gasteiger partial charge is 0.490 e. The predicted molar refractivity (Wildman–Crippen MR) is 95.6 cm³/mol. The van der Waals surface area contributed by atoms with Crippen LogP contribution in [0.3, 0.4) is 0 Å². The third-order valence-electron chi connectivity index (χ3n) is 4.38. The maximum atomic E-state index is 12.4. The van der Waals surface area contributed by atoms with E-state index in [2.05, 4.69) is 10.6 Å². The zero-order chi connectivity index (χ0) is 17.6. The van der Waals surface area contributed by atoms with E-state index in [1.54, 1.807) is 7.11 Å². The van der Waals surface area contributed by atoms with Crippen molar-refractivity contribution in [3.63, 3.8) is 0 Å². The van der Waals surface area contributed by atoms with Gasteiger partial charge in [-0.25, -0.2) is 0 Å². The first kappa shape index (κ1) is 21.1. The summed E-state index contributed by atoms with van der Waals surface area (Å²) in [6, 6.07) is 4.19. The maximum Gasteiger partial charge on any atom is 0.311 e. The smallest absolute Gasteiger partial charge is 0.311 e. The summed E-state index contributed by atoms with van der Waals surface area (Å²) in [6.07, 6.45) is 1.81. The molecule has 0 spiro atoms. The Balaban J connectivity index is 0.00000312. The molecule has 2 rings (SSSR count). The fraction of sp³-hybridized carbons (Fsp3) is 0.562. The number of ether oxygens (including phenoxy) is 2. The van der Waals surface area contributed by atoms with E-state index in [9.17, 15) is 14.9 Å². The van der Waals surface area contributed by atoms with Crippen LogP contribution >= 0.6 is 12.4 Å². The van der Waals surface area contributed by atoms with E-state index in [1.807, 2.05) is 0 Å². The van der Waals surface area contributed by atoms with Crippen LogP contribution in [0.1, 0.15) is 23.2 Å². The highest BCUT2D eigenvalue weighted by Gasteiger charge is 2.32. The van der Waals surface area contributed by atoms with Crippen molar-refractivity contribution < 1.29 is 19.2 Å². The number of nitro benzene ring substituents is 1. The molecule has 0 saturated carbocycles. The van der Waals surface area contributed by atoms with Gasteiger partial charge in [-0.2, -0.15) is 0 Å². The van der Waals surface area contributed by atoms with E-state index >= 15 is 0 Å². The molecule has 1 heterocycles. The highest BCUT2D eigenvalue weighted by molar-refractivity contribution is 5.95. The second kappa shape index (κ2) is 9.55. The lowest BCUT2D eigenvalue weighted by Gasteiger charge is -2.37. The Hall–Kier alpha value is -1.90. The molecule has 1 fully saturated rings. The van der Waals surface area contributed by atoms with Gasteiger partial charge in [-0.3, -0.25) is 14.9 Å². The molecular formula is C16H24ClN3O5. The number of carbonyl (C=O) groups excluding carboxylic acids is 1. The number of hydrogen-bond donors (Lipinski definition) is 2. The van der Waals surface area contributed by atoms with Crippen LogP contribution in [0.4, 0.5) is 5.69 Å². The Morgan fingerprint density at radius 1 is 1.36 bits per heavy atom. The molecule has 1 aliphatic rings. The Labute approximate surface area is 152 Å². The third kappa shape index (κ3) is 5.29. The molecule has 0 aromatic heterocycles. The number of nitro groups is 1. The lowest BCUT2D eigenvalue weighted by Crippen LogP contribution is -2.47. The SMILES string of the molecule is COCC1(CNC(=O)c2ccc(OC)c([N+](=O)[O-])c2)CCNCC1.Cl. The number of piperidine rings is 1. The van der Waals surface area contributed by atoms with Gasteiger partial charge in [0.25, 0.3) is 5.91 Å². The van der Waals surface area contributed by atoms with Gasteiger partial charge in [0, 0.05) is 30.7 Å². The summed E-state index contributed by atoms with van der Waals surface area (Å²) in [7, 11) is 3.01. The molecule has 1 saturated heterocycles. The fourth-order valence-corrected chi connectivity index (χ4v) is 2.98. The van der Waals surface area contributed by atoms with E-state index < -0.39 is 4.92 Å². The molecule has 0 bridgehead atoms. The minimum Gasteiger partial charge on any atom is -0.490 e. The minimum atomic E-state index is -0.561. The molecule has 25 heavy (non-hydrogen) atoms. The molecule has 0 unspecified atom stereocenters. The molecule has 0 aliphatic carbocycles. The number of hydrogen-bond acceptors (Lipinski definition) is 6. The van der Waals surface area contributed by atoms with Crippen molar-refractivity contribution in [1.82, 2.24) is 10.6 Å². The lowest BCUT2D eigenvalue weighted by atomic mass is 9.79. The number of carbonyl (C=O) groups is 1. The number of rotatable bonds is 7. The first-order chi connectivity index (χ1) is 11.5. The molecule has 140 valence electrons.